The van der Waals surface area contributed by atoms with Crippen molar-refractivity contribution in [1.82, 2.24) is 9.80 Å². The molecule has 0 radical (unpaired) electrons. The monoisotopic (exact) mass is 328 g/mol. The molecule has 0 aliphatic carbocycles. The highest BCUT2D eigenvalue weighted by atomic mass is 16.5. The number of β-amino-alcohol motifs (C(OH)–C–C–N with tert-alkyl or cyclic N) is 1. The first kappa shape index (κ1) is 18.6. The minimum atomic E-state index is -0.692. The van der Waals surface area contributed by atoms with E-state index >= 15 is 0 Å². The highest BCUT2D eigenvalue weighted by Crippen LogP contribution is 2.14. The van der Waals surface area contributed by atoms with Gasteiger partial charge in [-0.1, -0.05) is 0 Å². The van der Waals surface area contributed by atoms with Gasteiger partial charge in [0.25, 0.3) is 5.91 Å². The summed E-state index contributed by atoms with van der Waals surface area (Å²) >= 11 is 0. The van der Waals surface area contributed by atoms with Crippen LogP contribution >= 0.6 is 0 Å². The lowest BCUT2D eigenvalue weighted by molar-refractivity contribution is -0.148. The third-order valence-corrected chi connectivity index (χ3v) is 4.45. The number of rotatable bonds is 6. The molecule has 6 nitrogen and oxygen atoms in total. The Bertz CT molecular complexity index is 369. The van der Waals surface area contributed by atoms with Gasteiger partial charge in [-0.05, 0) is 40.0 Å². The zero-order chi connectivity index (χ0) is 16.9. The van der Waals surface area contributed by atoms with E-state index in [-0.39, 0.29) is 12.0 Å². The van der Waals surface area contributed by atoms with E-state index in [1.807, 2.05) is 25.7 Å². The van der Waals surface area contributed by atoms with Gasteiger partial charge in [0.1, 0.15) is 6.10 Å². The molecule has 0 unspecified atom stereocenters. The van der Waals surface area contributed by atoms with Crippen molar-refractivity contribution >= 4 is 5.91 Å². The molecule has 0 saturated carbocycles. The van der Waals surface area contributed by atoms with Gasteiger partial charge in [0.2, 0.25) is 0 Å². The first-order valence-corrected chi connectivity index (χ1v) is 8.82. The first-order valence-electron chi connectivity index (χ1n) is 8.82. The molecule has 0 aromatic carbocycles. The standard InChI is InChI=1S/C17H32N2O4/c1-14(23-12-15-6-4-5-11-22-15)16(20)19-9-7-18(8-10-19)13-17(2,3)21/h14-15,21H,4-13H2,1-3H3/t14-,15+/m1/s1. The molecule has 2 aliphatic rings. The molecule has 2 heterocycles. The maximum Gasteiger partial charge on any atom is 0.251 e. The van der Waals surface area contributed by atoms with E-state index in [9.17, 15) is 9.90 Å². The van der Waals surface area contributed by atoms with Crippen LogP contribution in [0.3, 0.4) is 0 Å². The lowest BCUT2D eigenvalue weighted by Crippen LogP contribution is -2.54. The fraction of sp³-hybridized carbons (Fsp3) is 0.941. The molecular formula is C17H32N2O4. The number of piperazine rings is 1. The van der Waals surface area contributed by atoms with Crippen molar-refractivity contribution in [2.45, 2.75) is 57.8 Å². The van der Waals surface area contributed by atoms with E-state index in [1.54, 1.807) is 0 Å². The van der Waals surface area contributed by atoms with Gasteiger partial charge < -0.3 is 19.5 Å². The molecule has 2 rings (SSSR count). The number of carbonyl (C=O) groups excluding carboxylic acids is 1. The Morgan fingerprint density at radius 3 is 2.57 bits per heavy atom. The second kappa shape index (κ2) is 8.42. The van der Waals surface area contributed by atoms with Crippen LogP contribution in [0.4, 0.5) is 0 Å². The molecule has 2 saturated heterocycles. The lowest BCUT2D eigenvalue weighted by Gasteiger charge is -2.38. The Morgan fingerprint density at radius 1 is 1.30 bits per heavy atom. The smallest absolute Gasteiger partial charge is 0.251 e. The average molecular weight is 328 g/mol. The molecule has 6 heteroatoms. The maximum absolute atomic E-state index is 12.5. The van der Waals surface area contributed by atoms with Crippen molar-refractivity contribution in [2.75, 3.05) is 45.9 Å². The molecule has 2 fully saturated rings. The van der Waals surface area contributed by atoms with Crippen LogP contribution in [0.1, 0.15) is 40.0 Å². The molecule has 0 bridgehead atoms. The molecule has 1 N–H and O–H groups in total. The number of nitrogens with zero attached hydrogens (tertiary/aromatic N) is 2. The van der Waals surface area contributed by atoms with Crippen molar-refractivity contribution in [3.05, 3.63) is 0 Å². The SMILES string of the molecule is C[C@@H](OC[C@@H]1CCCCO1)C(=O)N1CCN(CC(C)(C)O)CC1. The van der Waals surface area contributed by atoms with Crippen molar-refractivity contribution in [1.29, 1.82) is 0 Å². The third-order valence-electron chi connectivity index (χ3n) is 4.45. The van der Waals surface area contributed by atoms with Crippen molar-refractivity contribution in [2.24, 2.45) is 0 Å². The topological polar surface area (TPSA) is 62.2 Å². The van der Waals surface area contributed by atoms with Crippen molar-refractivity contribution < 1.29 is 19.4 Å². The molecule has 23 heavy (non-hydrogen) atoms. The summed E-state index contributed by atoms with van der Waals surface area (Å²) in [4.78, 5) is 16.5. The maximum atomic E-state index is 12.5. The van der Waals surface area contributed by atoms with Crippen LogP contribution in [0, 0.1) is 0 Å². The second-order valence-corrected chi connectivity index (χ2v) is 7.38. The van der Waals surface area contributed by atoms with Crippen molar-refractivity contribution in [3.63, 3.8) is 0 Å². The molecule has 0 aromatic rings. The van der Waals surface area contributed by atoms with Gasteiger partial charge >= 0.3 is 0 Å². The number of aliphatic hydroxyl groups is 1. The number of amides is 1. The predicted octanol–water partition coefficient (Wildman–Crippen LogP) is 0.876. The van der Waals surface area contributed by atoms with Crippen LogP contribution in [0.5, 0.6) is 0 Å². The van der Waals surface area contributed by atoms with Gasteiger partial charge in [-0.25, -0.2) is 0 Å². The Balaban J connectivity index is 1.69. The van der Waals surface area contributed by atoms with E-state index in [0.717, 1.165) is 32.5 Å². The molecule has 1 amide bonds. The summed E-state index contributed by atoms with van der Waals surface area (Å²) in [5, 5.41) is 9.87. The van der Waals surface area contributed by atoms with Crippen LogP contribution in [0.15, 0.2) is 0 Å². The molecule has 0 aromatic heterocycles. The summed E-state index contributed by atoms with van der Waals surface area (Å²) in [7, 11) is 0. The zero-order valence-electron chi connectivity index (χ0n) is 14.8. The van der Waals surface area contributed by atoms with Gasteiger partial charge in [0.15, 0.2) is 0 Å². The minimum absolute atomic E-state index is 0.0590. The Labute approximate surface area is 139 Å². The number of carbonyl (C=O) groups is 1. The number of hydrogen-bond acceptors (Lipinski definition) is 5. The average Bonchev–Trinajstić information content (AvgIpc) is 2.52. The van der Waals surface area contributed by atoms with Gasteiger partial charge in [0, 0.05) is 39.3 Å². The Hall–Kier alpha value is -0.690. The summed E-state index contributed by atoms with van der Waals surface area (Å²) in [5.41, 5.74) is -0.692. The highest BCUT2D eigenvalue weighted by Gasteiger charge is 2.28. The van der Waals surface area contributed by atoms with E-state index < -0.39 is 11.7 Å². The van der Waals surface area contributed by atoms with E-state index in [0.29, 0.717) is 26.2 Å². The third kappa shape index (κ3) is 6.37. The van der Waals surface area contributed by atoms with E-state index in [4.69, 9.17) is 9.47 Å². The summed E-state index contributed by atoms with van der Waals surface area (Å²) < 4.78 is 11.4. The van der Waals surface area contributed by atoms with E-state index in [1.165, 1.54) is 6.42 Å². The molecule has 134 valence electrons. The van der Waals surface area contributed by atoms with Crippen LogP contribution in [-0.4, -0.2) is 84.6 Å². The van der Waals surface area contributed by atoms with Crippen LogP contribution in [0.2, 0.25) is 0 Å². The first-order chi connectivity index (χ1) is 10.8. The molecule has 2 atom stereocenters. The summed E-state index contributed by atoms with van der Waals surface area (Å²) in [5.74, 6) is 0.0590. The van der Waals surface area contributed by atoms with Crippen LogP contribution < -0.4 is 0 Å². The van der Waals surface area contributed by atoms with Crippen molar-refractivity contribution in [3.8, 4) is 0 Å². The van der Waals surface area contributed by atoms with Gasteiger partial charge in [-0.2, -0.15) is 0 Å². The van der Waals surface area contributed by atoms with Crippen LogP contribution in [-0.2, 0) is 14.3 Å². The Morgan fingerprint density at radius 2 is 2.00 bits per heavy atom. The summed E-state index contributed by atoms with van der Waals surface area (Å²) in [6.45, 7) is 10.4. The van der Waals surface area contributed by atoms with Crippen LogP contribution in [0.25, 0.3) is 0 Å². The number of ether oxygens (including phenoxy) is 2. The normalized spacial score (nSPS) is 25.4. The minimum Gasteiger partial charge on any atom is -0.389 e. The highest BCUT2D eigenvalue weighted by molar-refractivity contribution is 5.80. The lowest BCUT2D eigenvalue weighted by atomic mass is 10.1. The van der Waals surface area contributed by atoms with Gasteiger partial charge in [-0.3, -0.25) is 9.69 Å². The molecule has 0 spiro atoms. The predicted molar refractivity (Wildman–Crippen MR) is 88.3 cm³/mol. The zero-order valence-corrected chi connectivity index (χ0v) is 14.8. The quantitative estimate of drug-likeness (QED) is 0.784. The largest absolute Gasteiger partial charge is 0.389 e. The second-order valence-electron chi connectivity index (χ2n) is 7.38. The summed E-state index contributed by atoms with van der Waals surface area (Å²) in [6, 6.07) is 0. The Kier molecular flexibility index (Phi) is 6.83. The van der Waals surface area contributed by atoms with Gasteiger partial charge in [0.05, 0.1) is 18.3 Å². The summed E-state index contributed by atoms with van der Waals surface area (Å²) in [6.07, 6.45) is 3.06. The number of hydrogen-bond donors (Lipinski definition) is 1. The molecular weight excluding hydrogens is 296 g/mol. The van der Waals surface area contributed by atoms with Gasteiger partial charge in [-0.15, -0.1) is 0 Å². The van der Waals surface area contributed by atoms with E-state index in [2.05, 4.69) is 4.90 Å². The fourth-order valence-corrected chi connectivity index (χ4v) is 3.19. The molecule has 2 aliphatic heterocycles. The fourth-order valence-electron chi connectivity index (χ4n) is 3.19.